The van der Waals surface area contributed by atoms with Gasteiger partial charge in [-0.05, 0) is 29.7 Å². The number of benzene rings is 2. The van der Waals surface area contributed by atoms with Crippen molar-refractivity contribution in [2.24, 2.45) is 0 Å². The summed E-state index contributed by atoms with van der Waals surface area (Å²) in [4.78, 5) is 3.34. The van der Waals surface area contributed by atoms with E-state index in [1.807, 2.05) is 6.07 Å². The van der Waals surface area contributed by atoms with Crippen molar-refractivity contribution in [3.63, 3.8) is 0 Å². The SMILES string of the molecule is Cc1ccc(-c2cc(-c3ccccc3)c[nH]2)cc1. The molecule has 0 atom stereocenters. The zero-order valence-electron chi connectivity index (χ0n) is 10.4. The third-order valence-electron chi connectivity index (χ3n) is 3.15. The summed E-state index contributed by atoms with van der Waals surface area (Å²) in [5.41, 5.74) is 6.14. The summed E-state index contributed by atoms with van der Waals surface area (Å²) in [6.07, 6.45) is 2.06. The molecule has 0 aliphatic heterocycles. The van der Waals surface area contributed by atoms with Crippen LogP contribution in [0, 0.1) is 6.92 Å². The first kappa shape index (κ1) is 10.8. The van der Waals surface area contributed by atoms with Gasteiger partial charge >= 0.3 is 0 Å². The van der Waals surface area contributed by atoms with E-state index in [4.69, 9.17) is 0 Å². The van der Waals surface area contributed by atoms with Crippen LogP contribution in [-0.4, -0.2) is 4.98 Å². The normalized spacial score (nSPS) is 10.5. The molecule has 1 aromatic heterocycles. The van der Waals surface area contributed by atoms with Crippen LogP contribution in [0.25, 0.3) is 22.4 Å². The third kappa shape index (κ3) is 2.07. The van der Waals surface area contributed by atoms with Gasteiger partial charge in [0, 0.05) is 11.9 Å². The van der Waals surface area contributed by atoms with Crippen molar-refractivity contribution in [1.82, 2.24) is 4.98 Å². The Bertz CT molecular complexity index is 633. The van der Waals surface area contributed by atoms with Crippen LogP contribution in [0.15, 0.2) is 66.9 Å². The molecule has 3 rings (SSSR count). The van der Waals surface area contributed by atoms with E-state index in [1.165, 1.54) is 22.3 Å². The summed E-state index contributed by atoms with van der Waals surface area (Å²) in [6, 6.07) is 21.2. The topological polar surface area (TPSA) is 15.8 Å². The van der Waals surface area contributed by atoms with Crippen molar-refractivity contribution >= 4 is 0 Å². The molecule has 0 spiro atoms. The fourth-order valence-electron chi connectivity index (χ4n) is 2.09. The van der Waals surface area contributed by atoms with Crippen molar-refractivity contribution in [3.8, 4) is 22.4 Å². The second-order valence-electron chi connectivity index (χ2n) is 4.53. The smallest absolute Gasteiger partial charge is 0.0460 e. The van der Waals surface area contributed by atoms with Gasteiger partial charge in [0.05, 0.1) is 0 Å². The van der Waals surface area contributed by atoms with Crippen LogP contribution >= 0.6 is 0 Å². The highest BCUT2D eigenvalue weighted by atomic mass is 14.7. The number of hydrogen-bond donors (Lipinski definition) is 1. The fraction of sp³-hybridized carbons (Fsp3) is 0.0588. The van der Waals surface area contributed by atoms with Crippen LogP contribution in [0.5, 0.6) is 0 Å². The van der Waals surface area contributed by atoms with Crippen LogP contribution < -0.4 is 0 Å². The van der Waals surface area contributed by atoms with E-state index in [0.29, 0.717) is 0 Å². The highest BCUT2D eigenvalue weighted by Gasteiger charge is 2.03. The Morgan fingerprint density at radius 2 is 1.44 bits per heavy atom. The second-order valence-corrected chi connectivity index (χ2v) is 4.53. The molecule has 0 aliphatic rings. The number of hydrogen-bond acceptors (Lipinski definition) is 0. The highest BCUT2D eigenvalue weighted by molar-refractivity contribution is 5.71. The monoisotopic (exact) mass is 233 g/mol. The summed E-state index contributed by atoms with van der Waals surface area (Å²) in [6.45, 7) is 2.11. The van der Waals surface area contributed by atoms with Gasteiger partial charge in [-0.25, -0.2) is 0 Å². The second kappa shape index (κ2) is 4.53. The van der Waals surface area contributed by atoms with Crippen molar-refractivity contribution in [2.75, 3.05) is 0 Å². The fourth-order valence-corrected chi connectivity index (χ4v) is 2.09. The van der Waals surface area contributed by atoms with Crippen LogP contribution in [-0.2, 0) is 0 Å². The lowest BCUT2D eigenvalue weighted by Crippen LogP contribution is -1.77. The van der Waals surface area contributed by atoms with E-state index in [1.54, 1.807) is 0 Å². The Morgan fingerprint density at radius 1 is 0.722 bits per heavy atom. The molecule has 0 unspecified atom stereocenters. The number of aryl methyl sites for hydroxylation is 1. The van der Waals surface area contributed by atoms with Crippen LogP contribution in [0.4, 0.5) is 0 Å². The molecule has 1 N–H and O–H groups in total. The standard InChI is InChI=1S/C17H15N/c1-13-7-9-15(10-8-13)17-11-16(12-18-17)14-5-3-2-4-6-14/h2-12,18H,1H3. The van der Waals surface area contributed by atoms with Crippen LogP contribution in [0.1, 0.15) is 5.56 Å². The maximum atomic E-state index is 3.34. The molecule has 0 radical (unpaired) electrons. The van der Waals surface area contributed by atoms with E-state index < -0.39 is 0 Å². The third-order valence-corrected chi connectivity index (χ3v) is 3.15. The number of rotatable bonds is 2. The number of H-pyrrole nitrogens is 1. The van der Waals surface area contributed by atoms with E-state index >= 15 is 0 Å². The quantitative estimate of drug-likeness (QED) is 0.662. The lowest BCUT2D eigenvalue weighted by molar-refractivity contribution is 1.39. The van der Waals surface area contributed by atoms with Crippen LogP contribution in [0.2, 0.25) is 0 Å². The minimum Gasteiger partial charge on any atom is -0.361 e. The Labute approximate surface area is 107 Å². The first-order valence-electron chi connectivity index (χ1n) is 6.14. The van der Waals surface area contributed by atoms with E-state index in [2.05, 4.69) is 72.7 Å². The average molecular weight is 233 g/mol. The van der Waals surface area contributed by atoms with Gasteiger partial charge in [-0.15, -0.1) is 0 Å². The predicted molar refractivity (Wildman–Crippen MR) is 76.4 cm³/mol. The molecule has 0 aliphatic carbocycles. The summed E-state index contributed by atoms with van der Waals surface area (Å²) in [5, 5.41) is 0. The molecule has 0 saturated carbocycles. The van der Waals surface area contributed by atoms with Crippen molar-refractivity contribution in [3.05, 3.63) is 72.4 Å². The molecule has 3 aromatic rings. The minimum absolute atomic E-state index is 1.16. The van der Waals surface area contributed by atoms with Crippen LogP contribution in [0.3, 0.4) is 0 Å². The lowest BCUT2D eigenvalue weighted by atomic mass is 10.1. The van der Waals surface area contributed by atoms with Gasteiger partial charge in [-0.1, -0.05) is 60.2 Å². The zero-order chi connectivity index (χ0) is 12.4. The van der Waals surface area contributed by atoms with Gasteiger partial charge in [0.1, 0.15) is 0 Å². The molecule has 1 heteroatoms. The summed E-state index contributed by atoms with van der Waals surface area (Å²) in [5.74, 6) is 0. The molecule has 0 saturated heterocycles. The number of aromatic nitrogens is 1. The van der Waals surface area contributed by atoms with E-state index in [-0.39, 0.29) is 0 Å². The van der Waals surface area contributed by atoms with Crippen molar-refractivity contribution in [2.45, 2.75) is 6.92 Å². The Balaban J connectivity index is 1.97. The maximum absolute atomic E-state index is 3.34. The molecule has 18 heavy (non-hydrogen) atoms. The van der Waals surface area contributed by atoms with Gasteiger partial charge in [-0.2, -0.15) is 0 Å². The van der Waals surface area contributed by atoms with Gasteiger partial charge in [-0.3, -0.25) is 0 Å². The zero-order valence-corrected chi connectivity index (χ0v) is 10.4. The van der Waals surface area contributed by atoms with E-state index in [0.717, 1.165) is 5.69 Å². The first-order chi connectivity index (χ1) is 8.83. The highest BCUT2D eigenvalue weighted by Crippen LogP contribution is 2.25. The molecule has 0 fully saturated rings. The molecule has 88 valence electrons. The maximum Gasteiger partial charge on any atom is 0.0460 e. The molecule has 0 amide bonds. The summed E-state index contributed by atoms with van der Waals surface area (Å²) >= 11 is 0. The molecule has 2 aromatic carbocycles. The average Bonchev–Trinajstić information content (AvgIpc) is 2.90. The molecule has 1 nitrogen and oxygen atoms in total. The largest absolute Gasteiger partial charge is 0.361 e. The minimum atomic E-state index is 1.16. The van der Waals surface area contributed by atoms with Crippen molar-refractivity contribution in [1.29, 1.82) is 0 Å². The number of nitrogens with one attached hydrogen (secondary N) is 1. The van der Waals surface area contributed by atoms with Gasteiger partial charge in [0.25, 0.3) is 0 Å². The Kier molecular flexibility index (Phi) is 2.73. The molecule has 1 heterocycles. The molecular weight excluding hydrogens is 218 g/mol. The van der Waals surface area contributed by atoms with Crippen molar-refractivity contribution < 1.29 is 0 Å². The Hall–Kier alpha value is -2.28. The molecule has 0 bridgehead atoms. The Morgan fingerprint density at radius 3 is 2.17 bits per heavy atom. The predicted octanol–water partition coefficient (Wildman–Crippen LogP) is 4.66. The van der Waals surface area contributed by atoms with Gasteiger partial charge in [0.15, 0.2) is 0 Å². The van der Waals surface area contributed by atoms with Gasteiger partial charge in [0.2, 0.25) is 0 Å². The summed E-state index contributed by atoms with van der Waals surface area (Å²) < 4.78 is 0. The lowest BCUT2D eigenvalue weighted by Gasteiger charge is -1.98. The van der Waals surface area contributed by atoms with E-state index in [9.17, 15) is 0 Å². The first-order valence-corrected chi connectivity index (χ1v) is 6.14. The van der Waals surface area contributed by atoms with Gasteiger partial charge < -0.3 is 4.98 Å². The summed E-state index contributed by atoms with van der Waals surface area (Å²) in [7, 11) is 0. The number of aromatic amines is 1. The molecular formula is C17H15N.